The first-order valence-electron chi connectivity index (χ1n) is 7.69. The van der Waals surface area contributed by atoms with Crippen LogP contribution in [0, 0.1) is 0 Å². The van der Waals surface area contributed by atoms with Gasteiger partial charge in [0, 0.05) is 6.54 Å². The van der Waals surface area contributed by atoms with Crippen LogP contribution in [-0.4, -0.2) is 56.9 Å². The zero-order valence-corrected chi connectivity index (χ0v) is 13.2. The summed E-state index contributed by atoms with van der Waals surface area (Å²) in [6.45, 7) is 2.66. The molecule has 0 radical (unpaired) electrons. The van der Waals surface area contributed by atoms with Crippen molar-refractivity contribution in [1.82, 2.24) is 0 Å². The zero-order chi connectivity index (χ0) is 14.4. The maximum absolute atomic E-state index is 11.2. The minimum absolute atomic E-state index is 0. The van der Waals surface area contributed by atoms with E-state index in [1.165, 1.54) is 51.4 Å². The molecule has 0 unspecified atom stereocenters. The van der Waals surface area contributed by atoms with E-state index in [0.29, 0.717) is 6.61 Å². The summed E-state index contributed by atoms with van der Waals surface area (Å²) in [6, 6.07) is 0. The molecule has 0 heterocycles. The van der Waals surface area contributed by atoms with Gasteiger partial charge in [0.1, 0.15) is 0 Å². The first-order chi connectivity index (χ1) is 9.12. The summed E-state index contributed by atoms with van der Waals surface area (Å²) in [5, 5.41) is 0. The molecule has 6 heteroatoms. The van der Waals surface area contributed by atoms with E-state index in [1.807, 2.05) is 0 Å². The average molecular weight is 317 g/mol. The van der Waals surface area contributed by atoms with Gasteiger partial charge < -0.3 is 5.73 Å². The summed E-state index contributed by atoms with van der Waals surface area (Å²) in [6.07, 6.45) is 12.3. The molecule has 0 rings (SSSR count). The van der Waals surface area contributed by atoms with Crippen molar-refractivity contribution in [2.75, 3.05) is 18.9 Å². The van der Waals surface area contributed by atoms with Crippen LogP contribution >= 0.6 is 0 Å². The molecule has 0 aliphatic heterocycles. The zero-order valence-electron chi connectivity index (χ0n) is 12.4. The molecular weight excluding hydrogens is 285 g/mol. The van der Waals surface area contributed by atoms with Crippen LogP contribution < -0.4 is 5.73 Å². The Kier molecular flexibility index (Phi) is 18.8. The minimum atomic E-state index is -3.37. The molecule has 0 amide bonds. The van der Waals surface area contributed by atoms with Crippen molar-refractivity contribution in [3.63, 3.8) is 0 Å². The second kappa shape index (κ2) is 16.2. The molecule has 20 heavy (non-hydrogen) atoms. The van der Waals surface area contributed by atoms with Crippen molar-refractivity contribution >= 4 is 39.7 Å². The molecule has 2 N–H and O–H groups in total. The van der Waals surface area contributed by atoms with E-state index >= 15 is 0 Å². The first kappa shape index (κ1) is 23.1. The van der Waals surface area contributed by atoms with Gasteiger partial charge in [0.2, 0.25) is 0 Å². The number of rotatable bonds is 14. The summed E-state index contributed by atoms with van der Waals surface area (Å²) in [5.41, 5.74) is 5.18. The van der Waals surface area contributed by atoms with Gasteiger partial charge in [-0.1, -0.05) is 64.7 Å². The normalized spacial score (nSPS) is 11.3. The SMILES string of the molecule is CCCCCCCCCCCCOS(=O)(=O)CCN.[NaH]. The van der Waals surface area contributed by atoms with Crippen LogP contribution in [0.4, 0.5) is 0 Å². The van der Waals surface area contributed by atoms with Crippen LogP contribution in [0.3, 0.4) is 0 Å². The number of unbranched alkanes of at least 4 members (excludes halogenated alkanes) is 9. The average Bonchev–Trinajstić information content (AvgIpc) is 2.36. The Morgan fingerprint density at radius 3 is 1.75 bits per heavy atom. The Hall–Kier alpha value is 0.870. The van der Waals surface area contributed by atoms with E-state index in [0.717, 1.165) is 12.8 Å². The van der Waals surface area contributed by atoms with Crippen LogP contribution in [0.1, 0.15) is 71.1 Å². The fourth-order valence-electron chi connectivity index (χ4n) is 1.98. The Labute approximate surface area is 147 Å². The summed E-state index contributed by atoms with van der Waals surface area (Å²) >= 11 is 0. The molecule has 0 bridgehead atoms. The topological polar surface area (TPSA) is 69.4 Å². The quantitative estimate of drug-likeness (QED) is 0.304. The van der Waals surface area contributed by atoms with E-state index in [4.69, 9.17) is 9.92 Å². The molecule has 0 aromatic carbocycles. The number of nitrogens with two attached hydrogens (primary N) is 1. The molecule has 0 aliphatic carbocycles. The van der Waals surface area contributed by atoms with Gasteiger partial charge in [0.25, 0.3) is 10.1 Å². The Morgan fingerprint density at radius 1 is 0.850 bits per heavy atom. The van der Waals surface area contributed by atoms with Gasteiger partial charge in [0.15, 0.2) is 0 Å². The second-order valence-corrected chi connectivity index (χ2v) is 6.81. The molecule has 0 saturated heterocycles. The summed E-state index contributed by atoms with van der Waals surface area (Å²) in [4.78, 5) is 0. The van der Waals surface area contributed by atoms with Crippen LogP contribution in [0.15, 0.2) is 0 Å². The summed E-state index contributed by atoms with van der Waals surface area (Å²) in [5.74, 6) is -0.0786. The molecule has 0 aromatic heterocycles. The third-order valence-corrected chi connectivity index (χ3v) is 4.39. The molecule has 0 saturated carbocycles. The van der Waals surface area contributed by atoms with Gasteiger partial charge in [-0.2, -0.15) is 8.42 Å². The third kappa shape index (κ3) is 16.9. The summed E-state index contributed by atoms with van der Waals surface area (Å²) in [7, 11) is -3.37. The molecule has 0 fully saturated rings. The van der Waals surface area contributed by atoms with E-state index in [2.05, 4.69) is 6.92 Å². The van der Waals surface area contributed by atoms with Gasteiger partial charge in [-0.3, -0.25) is 4.18 Å². The Morgan fingerprint density at radius 2 is 1.30 bits per heavy atom. The molecule has 0 atom stereocenters. The molecule has 4 nitrogen and oxygen atoms in total. The Balaban J connectivity index is 0. The van der Waals surface area contributed by atoms with E-state index in [-0.39, 0.29) is 41.9 Å². The van der Waals surface area contributed by atoms with E-state index in [9.17, 15) is 8.42 Å². The van der Waals surface area contributed by atoms with Gasteiger partial charge in [0.05, 0.1) is 12.4 Å². The molecular formula is C14H32NNaO3S. The van der Waals surface area contributed by atoms with Crippen molar-refractivity contribution in [3.8, 4) is 0 Å². The van der Waals surface area contributed by atoms with Crippen molar-refractivity contribution in [2.45, 2.75) is 71.1 Å². The van der Waals surface area contributed by atoms with Crippen LogP contribution in [0.5, 0.6) is 0 Å². The van der Waals surface area contributed by atoms with Crippen LogP contribution in [0.2, 0.25) is 0 Å². The first-order valence-corrected chi connectivity index (χ1v) is 9.27. The fraction of sp³-hybridized carbons (Fsp3) is 1.00. The Bertz CT molecular complexity index is 284. The van der Waals surface area contributed by atoms with Crippen molar-refractivity contribution in [3.05, 3.63) is 0 Å². The van der Waals surface area contributed by atoms with E-state index in [1.54, 1.807) is 0 Å². The number of hydrogen-bond donors (Lipinski definition) is 1. The molecule has 0 aliphatic rings. The van der Waals surface area contributed by atoms with Crippen molar-refractivity contribution < 1.29 is 12.6 Å². The van der Waals surface area contributed by atoms with Crippen molar-refractivity contribution in [2.24, 2.45) is 5.73 Å². The molecule has 0 aromatic rings. The third-order valence-electron chi connectivity index (χ3n) is 3.13. The van der Waals surface area contributed by atoms with Crippen molar-refractivity contribution in [1.29, 1.82) is 0 Å². The van der Waals surface area contributed by atoms with Gasteiger partial charge in [-0.25, -0.2) is 0 Å². The van der Waals surface area contributed by atoms with Gasteiger partial charge in [-0.05, 0) is 6.42 Å². The molecule has 118 valence electrons. The fourth-order valence-corrected chi connectivity index (χ4v) is 2.76. The maximum atomic E-state index is 11.2. The predicted molar refractivity (Wildman–Crippen MR) is 87.8 cm³/mol. The van der Waals surface area contributed by atoms with E-state index < -0.39 is 10.1 Å². The van der Waals surface area contributed by atoms with Gasteiger partial charge >= 0.3 is 29.6 Å². The second-order valence-electron chi connectivity index (χ2n) is 5.05. The van der Waals surface area contributed by atoms with Crippen LogP contribution in [-0.2, 0) is 14.3 Å². The monoisotopic (exact) mass is 317 g/mol. The predicted octanol–water partition coefficient (Wildman–Crippen LogP) is 2.56. The van der Waals surface area contributed by atoms with Gasteiger partial charge in [-0.15, -0.1) is 0 Å². The number of hydrogen-bond acceptors (Lipinski definition) is 4. The molecule has 0 spiro atoms. The summed E-state index contributed by atoms with van der Waals surface area (Å²) < 4.78 is 27.2. The standard InChI is InChI=1S/C14H31NO3S.Na.H/c1-2-3-4-5-6-7-8-9-10-11-13-18-19(16,17)14-12-15;;/h2-15H2,1H3;;. The van der Waals surface area contributed by atoms with Crippen LogP contribution in [0.25, 0.3) is 0 Å².